The van der Waals surface area contributed by atoms with Gasteiger partial charge in [0.05, 0.1) is 4.92 Å². The molecular formula is C9H10N2O4. The molecule has 1 aromatic rings. The van der Waals surface area contributed by atoms with E-state index in [9.17, 15) is 14.9 Å². The van der Waals surface area contributed by atoms with E-state index in [2.05, 4.69) is 5.32 Å². The van der Waals surface area contributed by atoms with Crippen LogP contribution in [0.15, 0.2) is 18.2 Å². The van der Waals surface area contributed by atoms with Crippen molar-refractivity contribution in [1.29, 1.82) is 0 Å². The summed E-state index contributed by atoms with van der Waals surface area (Å²) in [4.78, 5) is 21.3. The summed E-state index contributed by atoms with van der Waals surface area (Å²) in [6.45, 7) is 2.07. The lowest BCUT2D eigenvalue weighted by Crippen LogP contribution is -2.23. The third kappa shape index (κ3) is 2.43. The van der Waals surface area contributed by atoms with E-state index in [1.54, 1.807) is 6.92 Å². The maximum atomic E-state index is 11.4. The van der Waals surface area contributed by atoms with E-state index in [0.717, 1.165) is 12.1 Å². The molecule has 0 radical (unpaired) electrons. The number of nitrogens with one attached hydrogen (secondary N) is 1. The number of hydrogen-bond acceptors (Lipinski definition) is 4. The molecule has 0 atom stereocenters. The molecule has 6 heteroatoms. The van der Waals surface area contributed by atoms with E-state index in [1.165, 1.54) is 6.07 Å². The summed E-state index contributed by atoms with van der Waals surface area (Å²) < 4.78 is 0. The lowest BCUT2D eigenvalue weighted by Gasteiger charge is -2.03. The summed E-state index contributed by atoms with van der Waals surface area (Å²) in [6.07, 6.45) is 0. The minimum atomic E-state index is -0.663. The quantitative estimate of drug-likeness (QED) is 0.576. The van der Waals surface area contributed by atoms with Crippen LogP contribution in [0.25, 0.3) is 0 Å². The van der Waals surface area contributed by atoms with Crippen LogP contribution in [0.1, 0.15) is 17.3 Å². The molecule has 2 N–H and O–H groups in total. The average molecular weight is 210 g/mol. The summed E-state index contributed by atoms with van der Waals surface area (Å²) in [5, 5.41) is 22.1. The van der Waals surface area contributed by atoms with Crippen molar-refractivity contribution in [1.82, 2.24) is 5.32 Å². The van der Waals surface area contributed by atoms with Gasteiger partial charge < -0.3 is 10.4 Å². The van der Waals surface area contributed by atoms with Crippen LogP contribution in [0, 0.1) is 10.1 Å². The molecule has 1 amide bonds. The van der Waals surface area contributed by atoms with Crippen molar-refractivity contribution in [2.24, 2.45) is 0 Å². The monoisotopic (exact) mass is 210 g/mol. The number of aromatic hydroxyl groups is 1. The Kier molecular flexibility index (Phi) is 3.22. The Morgan fingerprint density at radius 2 is 2.27 bits per heavy atom. The number of hydrogen-bond donors (Lipinski definition) is 2. The predicted molar refractivity (Wildman–Crippen MR) is 52.8 cm³/mol. The van der Waals surface area contributed by atoms with Gasteiger partial charge in [-0.15, -0.1) is 0 Å². The fraction of sp³-hybridized carbons (Fsp3) is 0.222. The van der Waals surface area contributed by atoms with Gasteiger partial charge in [0.1, 0.15) is 11.3 Å². The molecule has 0 aliphatic carbocycles. The first kappa shape index (κ1) is 11.0. The fourth-order valence-corrected chi connectivity index (χ4v) is 1.12. The van der Waals surface area contributed by atoms with Gasteiger partial charge in [-0.25, -0.2) is 0 Å². The van der Waals surface area contributed by atoms with Gasteiger partial charge in [-0.05, 0) is 19.1 Å². The molecule has 0 fully saturated rings. The normalized spacial score (nSPS) is 9.67. The van der Waals surface area contributed by atoms with Crippen molar-refractivity contribution in [3.8, 4) is 5.75 Å². The number of phenols is 1. The number of benzene rings is 1. The number of nitro groups is 1. The van der Waals surface area contributed by atoms with Crippen LogP contribution in [-0.4, -0.2) is 22.5 Å². The van der Waals surface area contributed by atoms with E-state index in [0.29, 0.717) is 6.54 Å². The lowest BCUT2D eigenvalue weighted by molar-refractivity contribution is -0.385. The second-order valence-electron chi connectivity index (χ2n) is 2.82. The number of rotatable bonds is 3. The molecule has 0 bridgehead atoms. The van der Waals surface area contributed by atoms with Gasteiger partial charge in [0, 0.05) is 12.6 Å². The van der Waals surface area contributed by atoms with E-state index in [-0.39, 0.29) is 17.0 Å². The minimum Gasteiger partial charge on any atom is -0.508 e. The van der Waals surface area contributed by atoms with E-state index in [4.69, 9.17) is 5.11 Å². The zero-order valence-corrected chi connectivity index (χ0v) is 8.06. The van der Waals surface area contributed by atoms with Gasteiger partial charge in [0.2, 0.25) is 0 Å². The van der Waals surface area contributed by atoms with Crippen LogP contribution in [0.2, 0.25) is 0 Å². The summed E-state index contributed by atoms with van der Waals surface area (Å²) >= 11 is 0. The number of nitrogens with zero attached hydrogens (tertiary/aromatic N) is 1. The summed E-state index contributed by atoms with van der Waals surface area (Å²) in [7, 11) is 0. The molecule has 1 aromatic carbocycles. The van der Waals surface area contributed by atoms with Crippen LogP contribution in [0.4, 0.5) is 5.69 Å². The molecule has 15 heavy (non-hydrogen) atoms. The molecule has 1 rings (SSSR count). The van der Waals surface area contributed by atoms with Crippen LogP contribution >= 0.6 is 0 Å². The van der Waals surface area contributed by atoms with Crippen molar-refractivity contribution in [2.75, 3.05) is 6.54 Å². The second kappa shape index (κ2) is 4.41. The number of phenolic OH excluding ortho intramolecular Hbond substituents is 1. The van der Waals surface area contributed by atoms with Crippen molar-refractivity contribution in [3.63, 3.8) is 0 Å². The van der Waals surface area contributed by atoms with Crippen molar-refractivity contribution < 1.29 is 14.8 Å². The molecule has 0 heterocycles. The Hall–Kier alpha value is -2.11. The predicted octanol–water partition coefficient (Wildman–Crippen LogP) is 1.05. The Morgan fingerprint density at radius 3 is 2.80 bits per heavy atom. The third-order valence-corrected chi connectivity index (χ3v) is 1.76. The van der Waals surface area contributed by atoms with Gasteiger partial charge in [-0.3, -0.25) is 14.9 Å². The molecule has 0 aliphatic heterocycles. The smallest absolute Gasteiger partial charge is 0.282 e. The number of nitro benzene ring substituents is 1. The molecule has 0 saturated carbocycles. The molecule has 0 aromatic heterocycles. The Morgan fingerprint density at radius 1 is 1.60 bits per heavy atom. The van der Waals surface area contributed by atoms with Gasteiger partial charge >= 0.3 is 0 Å². The van der Waals surface area contributed by atoms with Crippen LogP contribution in [0.5, 0.6) is 5.75 Å². The average Bonchev–Trinajstić information content (AvgIpc) is 2.17. The first-order valence-electron chi connectivity index (χ1n) is 4.32. The molecule has 80 valence electrons. The second-order valence-corrected chi connectivity index (χ2v) is 2.82. The molecule has 6 nitrogen and oxygen atoms in total. The topological polar surface area (TPSA) is 92.5 Å². The highest BCUT2D eigenvalue weighted by molar-refractivity contribution is 5.98. The zero-order chi connectivity index (χ0) is 11.4. The largest absolute Gasteiger partial charge is 0.508 e. The molecule has 0 saturated heterocycles. The van der Waals surface area contributed by atoms with Crippen LogP contribution < -0.4 is 5.32 Å². The fourth-order valence-electron chi connectivity index (χ4n) is 1.12. The van der Waals surface area contributed by atoms with Gasteiger partial charge in [0.25, 0.3) is 11.6 Å². The Balaban J connectivity index is 3.18. The summed E-state index contributed by atoms with van der Waals surface area (Å²) in [5.41, 5.74) is -0.458. The van der Waals surface area contributed by atoms with E-state index >= 15 is 0 Å². The van der Waals surface area contributed by atoms with Gasteiger partial charge in [-0.2, -0.15) is 0 Å². The first-order chi connectivity index (χ1) is 7.06. The van der Waals surface area contributed by atoms with E-state index in [1.807, 2.05) is 0 Å². The number of carbonyl (C=O) groups excluding carboxylic acids is 1. The lowest BCUT2D eigenvalue weighted by atomic mass is 10.1. The summed E-state index contributed by atoms with van der Waals surface area (Å²) in [6, 6.07) is 3.34. The van der Waals surface area contributed by atoms with Crippen LogP contribution in [0.3, 0.4) is 0 Å². The maximum absolute atomic E-state index is 11.4. The number of amides is 1. The first-order valence-corrected chi connectivity index (χ1v) is 4.32. The Bertz CT molecular complexity index is 403. The van der Waals surface area contributed by atoms with Gasteiger partial charge in [-0.1, -0.05) is 0 Å². The Labute approximate surface area is 85.7 Å². The molecule has 0 unspecified atom stereocenters. The van der Waals surface area contributed by atoms with Crippen molar-refractivity contribution >= 4 is 11.6 Å². The molecular weight excluding hydrogens is 200 g/mol. The highest BCUT2D eigenvalue weighted by Crippen LogP contribution is 2.22. The SMILES string of the molecule is CCNC(=O)c1cc(O)ccc1[N+](=O)[O-]. The van der Waals surface area contributed by atoms with Gasteiger partial charge in [0.15, 0.2) is 0 Å². The third-order valence-electron chi connectivity index (χ3n) is 1.76. The zero-order valence-electron chi connectivity index (χ0n) is 8.06. The van der Waals surface area contributed by atoms with Crippen LogP contribution in [-0.2, 0) is 0 Å². The number of carbonyl (C=O) groups is 1. The molecule has 0 spiro atoms. The highest BCUT2D eigenvalue weighted by Gasteiger charge is 2.19. The van der Waals surface area contributed by atoms with Crippen molar-refractivity contribution in [2.45, 2.75) is 6.92 Å². The standard InChI is InChI=1S/C9H10N2O4/c1-2-10-9(13)7-5-6(12)3-4-8(7)11(14)15/h3-5,12H,2H2,1H3,(H,10,13). The molecule has 0 aliphatic rings. The van der Waals surface area contributed by atoms with Crippen molar-refractivity contribution in [3.05, 3.63) is 33.9 Å². The minimum absolute atomic E-state index is 0.137. The highest BCUT2D eigenvalue weighted by atomic mass is 16.6. The van der Waals surface area contributed by atoms with E-state index < -0.39 is 10.8 Å². The maximum Gasteiger partial charge on any atom is 0.282 e. The summed E-state index contributed by atoms with van der Waals surface area (Å²) in [5.74, 6) is -0.748.